The fourth-order valence-electron chi connectivity index (χ4n) is 1.94. The average Bonchev–Trinajstić information content (AvgIpc) is 2.87. The minimum Gasteiger partial charge on any atom is -0.354 e. The number of nitrogens with zero attached hydrogens (tertiary/aromatic N) is 1. The van der Waals surface area contributed by atoms with E-state index in [1.807, 2.05) is 30.5 Å². The summed E-state index contributed by atoms with van der Waals surface area (Å²) >= 11 is 1.70. The van der Waals surface area contributed by atoms with Gasteiger partial charge in [-0.3, -0.25) is 4.79 Å². The predicted octanol–water partition coefficient (Wildman–Crippen LogP) is 1.30. The molecular formula is C14H20N4OS. The van der Waals surface area contributed by atoms with Crippen LogP contribution in [0.1, 0.15) is 12.2 Å². The van der Waals surface area contributed by atoms with Gasteiger partial charge >= 0.3 is 0 Å². The first-order valence-electron chi connectivity index (χ1n) is 6.66. The zero-order chi connectivity index (χ0) is 14.4. The molecule has 20 heavy (non-hydrogen) atoms. The van der Waals surface area contributed by atoms with Crippen LogP contribution in [0.5, 0.6) is 0 Å². The molecule has 0 spiro atoms. The van der Waals surface area contributed by atoms with Gasteiger partial charge in [-0.1, -0.05) is 12.1 Å². The molecule has 1 atom stereocenters. The predicted molar refractivity (Wildman–Crippen MR) is 83.8 cm³/mol. The van der Waals surface area contributed by atoms with Gasteiger partial charge < -0.3 is 16.0 Å². The van der Waals surface area contributed by atoms with Crippen molar-refractivity contribution < 1.29 is 4.79 Å². The van der Waals surface area contributed by atoms with Crippen molar-refractivity contribution in [2.75, 3.05) is 18.6 Å². The summed E-state index contributed by atoms with van der Waals surface area (Å²) in [6.45, 7) is 0.547. The van der Waals surface area contributed by atoms with Crippen LogP contribution in [-0.2, 0) is 11.2 Å². The Morgan fingerprint density at radius 1 is 1.50 bits per heavy atom. The van der Waals surface area contributed by atoms with E-state index >= 15 is 0 Å². The van der Waals surface area contributed by atoms with E-state index in [0.717, 1.165) is 22.6 Å². The fourth-order valence-corrected chi connectivity index (χ4v) is 2.42. The molecule has 0 saturated carbocycles. The number of imidazole rings is 1. The molecule has 1 amide bonds. The van der Waals surface area contributed by atoms with Crippen LogP contribution in [0.2, 0.25) is 0 Å². The van der Waals surface area contributed by atoms with Gasteiger partial charge in [0.05, 0.1) is 17.1 Å². The zero-order valence-corrected chi connectivity index (χ0v) is 12.4. The molecule has 5 nitrogen and oxygen atoms in total. The zero-order valence-electron chi connectivity index (χ0n) is 11.6. The van der Waals surface area contributed by atoms with Gasteiger partial charge in [0.15, 0.2) is 0 Å². The van der Waals surface area contributed by atoms with Crippen molar-refractivity contribution in [3.63, 3.8) is 0 Å². The second kappa shape index (κ2) is 7.31. The number of para-hydroxylation sites is 2. The monoisotopic (exact) mass is 292 g/mol. The summed E-state index contributed by atoms with van der Waals surface area (Å²) in [6.07, 6.45) is 3.39. The quantitative estimate of drug-likeness (QED) is 0.718. The van der Waals surface area contributed by atoms with Gasteiger partial charge in [-0.25, -0.2) is 4.98 Å². The number of aromatic amines is 1. The van der Waals surface area contributed by atoms with Crippen LogP contribution < -0.4 is 11.1 Å². The minimum atomic E-state index is -0.418. The molecule has 0 aliphatic rings. The van der Waals surface area contributed by atoms with E-state index in [1.54, 1.807) is 11.8 Å². The van der Waals surface area contributed by atoms with E-state index in [0.29, 0.717) is 19.4 Å². The first-order chi connectivity index (χ1) is 9.70. The van der Waals surface area contributed by atoms with Crippen LogP contribution in [0.15, 0.2) is 24.3 Å². The normalized spacial score (nSPS) is 12.5. The topological polar surface area (TPSA) is 83.8 Å². The van der Waals surface area contributed by atoms with Crippen LogP contribution in [0.4, 0.5) is 0 Å². The number of fused-ring (bicyclic) bond motifs is 1. The third-order valence-corrected chi connectivity index (χ3v) is 3.71. The highest BCUT2D eigenvalue weighted by Crippen LogP contribution is 2.10. The molecule has 0 bridgehead atoms. The number of H-pyrrole nitrogens is 1. The first-order valence-corrected chi connectivity index (χ1v) is 8.06. The molecule has 0 fully saturated rings. The number of carbonyl (C=O) groups is 1. The van der Waals surface area contributed by atoms with Crippen LogP contribution in [-0.4, -0.2) is 40.5 Å². The Kier molecular flexibility index (Phi) is 5.43. The molecule has 0 aliphatic heterocycles. The van der Waals surface area contributed by atoms with E-state index in [2.05, 4.69) is 15.3 Å². The number of rotatable bonds is 7. The van der Waals surface area contributed by atoms with Crippen LogP contribution in [0.3, 0.4) is 0 Å². The summed E-state index contributed by atoms with van der Waals surface area (Å²) in [6, 6.07) is 7.46. The number of carbonyl (C=O) groups excluding carboxylic acids is 1. The summed E-state index contributed by atoms with van der Waals surface area (Å²) in [5.74, 6) is 1.69. The number of nitrogens with one attached hydrogen (secondary N) is 2. The molecule has 0 saturated heterocycles. The lowest BCUT2D eigenvalue weighted by molar-refractivity contribution is -0.122. The van der Waals surface area contributed by atoms with E-state index in [9.17, 15) is 4.79 Å². The Bertz CT molecular complexity index is 536. The summed E-state index contributed by atoms with van der Waals surface area (Å²) in [5, 5.41) is 2.85. The van der Waals surface area contributed by atoms with Gasteiger partial charge in [0, 0.05) is 13.0 Å². The molecule has 1 aromatic carbocycles. The standard InChI is InChI=1S/C14H20N4OS/c1-20-9-7-10(15)14(19)16-8-6-13-17-11-4-2-3-5-12(11)18-13/h2-5,10H,6-9,15H2,1H3,(H,16,19)(H,17,18)/t10-/m0/s1. The first kappa shape index (κ1) is 14.9. The van der Waals surface area contributed by atoms with Crippen molar-refractivity contribution >= 4 is 28.7 Å². The minimum absolute atomic E-state index is 0.0878. The van der Waals surface area contributed by atoms with Gasteiger partial charge in [-0.05, 0) is 30.6 Å². The van der Waals surface area contributed by atoms with E-state index in [1.165, 1.54) is 0 Å². The maximum absolute atomic E-state index is 11.7. The second-order valence-corrected chi connectivity index (χ2v) is 5.62. The third-order valence-electron chi connectivity index (χ3n) is 3.07. The van der Waals surface area contributed by atoms with E-state index in [4.69, 9.17) is 5.73 Å². The average molecular weight is 292 g/mol. The van der Waals surface area contributed by atoms with Crippen molar-refractivity contribution in [2.24, 2.45) is 5.73 Å². The Morgan fingerprint density at radius 2 is 2.30 bits per heavy atom. The SMILES string of the molecule is CSCC[C@H](N)C(=O)NCCc1nc2ccccc2[nH]1. The number of aromatic nitrogens is 2. The lowest BCUT2D eigenvalue weighted by Gasteiger charge is -2.10. The molecular weight excluding hydrogens is 272 g/mol. The molecule has 0 radical (unpaired) electrons. The molecule has 0 aliphatic carbocycles. The summed E-state index contributed by atoms with van der Waals surface area (Å²) in [5.41, 5.74) is 7.76. The van der Waals surface area contributed by atoms with Crippen molar-refractivity contribution in [3.8, 4) is 0 Å². The van der Waals surface area contributed by atoms with Crippen LogP contribution >= 0.6 is 11.8 Å². The van der Waals surface area contributed by atoms with Gasteiger partial charge in [0.25, 0.3) is 0 Å². The number of hydrogen-bond donors (Lipinski definition) is 3. The smallest absolute Gasteiger partial charge is 0.236 e. The Labute approximate surface area is 122 Å². The molecule has 6 heteroatoms. The van der Waals surface area contributed by atoms with Crippen molar-refractivity contribution in [3.05, 3.63) is 30.1 Å². The summed E-state index contributed by atoms with van der Waals surface area (Å²) < 4.78 is 0. The van der Waals surface area contributed by atoms with Crippen LogP contribution in [0.25, 0.3) is 11.0 Å². The fraction of sp³-hybridized carbons (Fsp3) is 0.429. The molecule has 2 aromatic rings. The molecule has 4 N–H and O–H groups in total. The summed E-state index contributed by atoms with van der Waals surface area (Å²) in [4.78, 5) is 19.4. The highest BCUT2D eigenvalue weighted by atomic mass is 32.2. The third kappa shape index (κ3) is 3.98. The van der Waals surface area contributed by atoms with E-state index in [-0.39, 0.29) is 5.91 Å². The lowest BCUT2D eigenvalue weighted by Crippen LogP contribution is -2.41. The van der Waals surface area contributed by atoms with Crippen molar-refractivity contribution in [1.82, 2.24) is 15.3 Å². The molecule has 108 valence electrons. The largest absolute Gasteiger partial charge is 0.354 e. The van der Waals surface area contributed by atoms with Gasteiger partial charge in [0.1, 0.15) is 5.82 Å². The number of hydrogen-bond acceptors (Lipinski definition) is 4. The maximum atomic E-state index is 11.7. The van der Waals surface area contributed by atoms with Crippen LogP contribution in [0, 0.1) is 0 Å². The second-order valence-electron chi connectivity index (χ2n) is 4.63. The van der Waals surface area contributed by atoms with Crippen molar-refractivity contribution in [1.29, 1.82) is 0 Å². The van der Waals surface area contributed by atoms with Crippen molar-refractivity contribution in [2.45, 2.75) is 18.9 Å². The highest BCUT2D eigenvalue weighted by Gasteiger charge is 2.12. The molecule has 0 unspecified atom stereocenters. The number of amides is 1. The van der Waals surface area contributed by atoms with E-state index < -0.39 is 6.04 Å². The van der Waals surface area contributed by atoms with Gasteiger partial charge in [0.2, 0.25) is 5.91 Å². The summed E-state index contributed by atoms with van der Waals surface area (Å²) in [7, 11) is 0. The molecule has 1 aromatic heterocycles. The number of thioether (sulfide) groups is 1. The van der Waals surface area contributed by atoms with Gasteiger partial charge in [-0.15, -0.1) is 0 Å². The highest BCUT2D eigenvalue weighted by molar-refractivity contribution is 7.98. The number of benzene rings is 1. The molecule has 2 rings (SSSR count). The molecule has 1 heterocycles. The van der Waals surface area contributed by atoms with Gasteiger partial charge in [-0.2, -0.15) is 11.8 Å². The Balaban J connectivity index is 1.79. The Hall–Kier alpha value is -1.53. The Morgan fingerprint density at radius 3 is 3.05 bits per heavy atom. The number of nitrogens with two attached hydrogens (primary N) is 1. The lowest BCUT2D eigenvalue weighted by atomic mass is 10.2. The maximum Gasteiger partial charge on any atom is 0.236 e.